The normalized spacial score (nSPS) is 17.6. The second-order valence-corrected chi connectivity index (χ2v) is 11.4. The molecule has 40 heavy (non-hydrogen) atoms. The van der Waals surface area contributed by atoms with Crippen molar-refractivity contribution in [2.24, 2.45) is 5.41 Å². The molecule has 0 aliphatic heterocycles. The minimum atomic E-state index is -0.433. The van der Waals surface area contributed by atoms with E-state index in [1.54, 1.807) is 12.3 Å². The third kappa shape index (κ3) is 5.69. The fraction of sp³-hybridized carbons (Fsp3) is 0.394. The maximum atomic E-state index is 13.8. The number of nitrogens with zero attached hydrogens (tertiary/aromatic N) is 2. The Hall–Kier alpha value is -3.87. The van der Waals surface area contributed by atoms with E-state index in [1.165, 1.54) is 25.0 Å². The first-order chi connectivity index (χ1) is 19.3. The summed E-state index contributed by atoms with van der Waals surface area (Å²) in [4.78, 5) is 31.5. The molecule has 1 amide bonds. The Balaban J connectivity index is 1.53. The van der Waals surface area contributed by atoms with Gasteiger partial charge in [-0.05, 0) is 74.8 Å². The van der Waals surface area contributed by atoms with Crippen molar-refractivity contribution in [3.8, 4) is 11.1 Å². The zero-order valence-corrected chi connectivity index (χ0v) is 23.5. The van der Waals surface area contributed by atoms with E-state index >= 15 is 0 Å². The number of halogens is 1. The van der Waals surface area contributed by atoms with Crippen molar-refractivity contribution in [2.45, 2.75) is 71.6 Å². The summed E-state index contributed by atoms with van der Waals surface area (Å²) in [7, 11) is 0. The number of aryl methyl sites for hydroxylation is 1. The Morgan fingerprint density at radius 1 is 1.15 bits per heavy atom. The van der Waals surface area contributed by atoms with Crippen LogP contribution in [-0.4, -0.2) is 33.4 Å². The molecule has 2 N–H and O–H groups in total. The van der Waals surface area contributed by atoms with E-state index < -0.39 is 5.92 Å². The predicted octanol–water partition coefficient (Wildman–Crippen LogP) is 7.10. The minimum absolute atomic E-state index is 0.0833. The standard InChI is InChI=1S/C33H37FN4O2/c1-4-16-35-32(40)31-30(22(3)37-38-31)27(29-21(2)18-33(19-28(29)39)14-5-6-15-33)13-12-26-11-10-24(20-36-26)23-8-7-9-25(34)17-23/h7-13,17,20,27H,4-6,14-16,18-19H2,1-3H3,(H,35,40)(H,37,38)/b13-12+. The zero-order valence-electron chi connectivity index (χ0n) is 23.5. The van der Waals surface area contributed by atoms with Crippen LogP contribution in [0.3, 0.4) is 0 Å². The summed E-state index contributed by atoms with van der Waals surface area (Å²) in [6.45, 7) is 6.53. The lowest BCUT2D eigenvalue weighted by molar-refractivity contribution is -0.118. The van der Waals surface area contributed by atoms with E-state index in [-0.39, 0.29) is 22.9 Å². The number of pyridine rings is 1. The molecule has 1 unspecified atom stereocenters. The molecule has 7 heteroatoms. The maximum Gasteiger partial charge on any atom is 0.272 e. The molecule has 1 fully saturated rings. The molecule has 2 aliphatic carbocycles. The molecule has 6 nitrogen and oxygen atoms in total. The summed E-state index contributed by atoms with van der Waals surface area (Å²) >= 11 is 0. The summed E-state index contributed by atoms with van der Waals surface area (Å²) in [6, 6.07) is 10.2. The molecule has 2 heterocycles. The molecule has 3 aromatic rings. The maximum absolute atomic E-state index is 13.8. The lowest BCUT2D eigenvalue weighted by Crippen LogP contribution is -2.31. The third-order valence-corrected chi connectivity index (χ3v) is 8.37. The second-order valence-electron chi connectivity index (χ2n) is 11.4. The zero-order chi connectivity index (χ0) is 28.3. The molecule has 5 rings (SSSR count). The minimum Gasteiger partial charge on any atom is -0.351 e. The predicted molar refractivity (Wildman–Crippen MR) is 155 cm³/mol. The van der Waals surface area contributed by atoms with Crippen molar-refractivity contribution < 1.29 is 14.0 Å². The van der Waals surface area contributed by atoms with Gasteiger partial charge < -0.3 is 5.32 Å². The number of aromatic nitrogens is 3. The summed E-state index contributed by atoms with van der Waals surface area (Å²) in [5.41, 5.74) is 6.04. The molecular formula is C33H37FN4O2. The Morgan fingerprint density at radius 3 is 2.62 bits per heavy atom. The number of rotatable bonds is 8. The van der Waals surface area contributed by atoms with Gasteiger partial charge in [0.15, 0.2) is 11.5 Å². The Morgan fingerprint density at radius 2 is 1.95 bits per heavy atom. The van der Waals surface area contributed by atoms with Gasteiger partial charge >= 0.3 is 0 Å². The van der Waals surface area contributed by atoms with Gasteiger partial charge in [-0.1, -0.05) is 49.6 Å². The molecule has 208 valence electrons. The summed E-state index contributed by atoms with van der Waals surface area (Å²) < 4.78 is 13.7. The quantitative estimate of drug-likeness (QED) is 0.319. The van der Waals surface area contributed by atoms with E-state index in [2.05, 4.69) is 27.4 Å². The molecule has 2 aromatic heterocycles. The number of Topliss-reactive ketones (excluding diaryl/α,β-unsaturated/α-hetero) is 1. The first kappa shape index (κ1) is 27.7. The first-order valence-corrected chi connectivity index (χ1v) is 14.3. The van der Waals surface area contributed by atoms with Gasteiger partial charge in [0.2, 0.25) is 0 Å². The van der Waals surface area contributed by atoms with Crippen LogP contribution in [-0.2, 0) is 4.79 Å². The van der Waals surface area contributed by atoms with Gasteiger partial charge in [0.25, 0.3) is 5.91 Å². The third-order valence-electron chi connectivity index (χ3n) is 8.37. The highest BCUT2D eigenvalue weighted by Crippen LogP contribution is 2.51. The van der Waals surface area contributed by atoms with Crippen LogP contribution < -0.4 is 5.32 Å². The van der Waals surface area contributed by atoms with Crippen LogP contribution >= 0.6 is 0 Å². The van der Waals surface area contributed by atoms with Crippen molar-refractivity contribution in [1.82, 2.24) is 20.5 Å². The fourth-order valence-electron chi connectivity index (χ4n) is 6.50. The van der Waals surface area contributed by atoms with Crippen LogP contribution in [0, 0.1) is 18.2 Å². The molecular weight excluding hydrogens is 503 g/mol. The highest BCUT2D eigenvalue weighted by molar-refractivity contribution is 6.01. The molecule has 0 bridgehead atoms. The smallest absolute Gasteiger partial charge is 0.272 e. The number of amides is 1. The average molecular weight is 541 g/mol. The van der Waals surface area contributed by atoms with Gasteiger partial charge in [-0.25, -0.2) is 4.39 Å². The fourth-order valence-corrected chi connectivity index (χ4v) is 6.50. The Labute approximate surface area is 235 Å². The Kier molecular flexibility index (Phi) is 8.10. The first-order valence-electron chi connectivity index (χ1n) is 14.3. The lowest BCUT2D eigenvalue weighted by Gasteiger charge is -2.36. The monoisotopic (exact) mass is 540 g/mol. The molecule has 0 saturated heterocycles. The van der Waals surface area contributed by atoms with Gasteiger partial charge in [-0.3, -0.25) is 19.7 Å². The van der Waals surface area contributed by atoms with E-state index in [1.807, 2.05) is 44.2 Å². The van der Waals surface area contributed by atoms with Crippen LogP contribution in [0.25, 0.3) is 17.2 Å². The number of H-pyrrole nitrogens is 1. The molecule has 0 radical (unpaired) electrons. The van der Waals surface area contributed by atoms with Crippen LogP contribution in [0.5, 0.6) is 0 Å². The van der Waals surface area contributed by atoms with Gasteiger partial charge in [-0.15, -0.1) is 0 Å². The van der Waals surface area contributed by atoms with Crippen molar-refractivity contribution in [1.29, 1.82) is 0 Å². The van der Waals surface area contributed by atoms with Crippen LogP contribution in [0.4, 0.5) is 4.39 Å². The number of nitrogens with one attached hydrogen (secondary N) is 2. The van der Waals surface area contributed by atoms with Crippen molar-refractivity contribution >= 4 is 17.8 Å². The molecule has 1 atom stereocenters. The van der Waals surface area contributed by atoms with Gasteiger partial charge in [0.1, 0.15) is 5.82 Å². The Bertz CT molecular complexity index is 1460. The van der Waals surface area contributed by atoms with Gasteiger partial charge in [0.05, 0.1) is 5.69 Å². The number of hydrogen-bond acceptors (Lipinski definition) is 4. The van der Waals surface area contributed by atoms with Crippen molar-refractivity contribution in [3.05, 3.63) is 88.3 Å². The summed E-state index contributed by atoms with van der Waals surface area (Å²) in [6.07, 6.45) is 12.4. The number of hydrogen-bond donors (Lipinski definition) is 2. The molecule has 1 saturated carbocycles. The average Bonchev–Trinajstić information content (AvgIpc) is 3.55. The number of ketones is 1. The van der Waals surface area contributed by atoms with E-state index in [0.717, 1.165) is 59.2 Å². The van der Waals surface area contributed by atoms with E-state index in [0.29, 0.717) is 24.4 Å². The second kappa shape index (κ2) is 11.7. The summed E-state index contributed by atoms with van der Waals surface area (Å²) in [5.74, 6) is -0.808. The van der Waals surface area contributed by atoms with Crippen LogP contribution in [0.2, 0.25) is 0 Å². The van der Waals surface area contributed by atoms with Crippen molar-refractivity contribution in [2.75, 3.05) is 6.54 Å². The van der Waals surface area contributed by atoms with Crippen molar-refractivity contribution in [3.63, 3.8) is 0 Å². The number of aromatic amines is 1. The molecule has 2 aliphatic rings. The number of benzene rings is 1. The SMILES string of the molecule is CCCNC(=O)c1n[nH]c(C)c1C(/C=C/c1ccc(-c2cccc(F)c2)cn1)C1=C(C)CC2(CCCC2)CC1=O. The number of allylic oxidation sites excluding steroid dienone is 3. The van der Waals surface area contributed by atoms with Gasteiger partial charge in [0, 0.05) is 47.5 Å². The number of carbonyl (C=O) groups is 2. The topological polar surface area (TPSA) is 87.7 Å². The van der Waals surface area contributed by atoms with E-state index in [4.69, 9.17) is 0 Å². The molecule has 1 spiro atoms. The highest BCUT2D eigenvalue weighted by Gasteiger charge is 2.43. The largest absolute Gasteiger partial charge is 0.351 e. The van der Waals surface area contributed by atoms with Crippen LogP contribution in [0.1, 0.15) is 92.2 Å². The summed E-state index contributed by atoms with van der Waals surface area (Å²) in [5, 5.41) is 10.3. The molecule has 1 aromatic carbocycles. The van der Waals surface area contributed by atoms with E-state index in [9.17, 15) is 14.0 Å². The van der Waals surface area contributed by atoms with Crippen LogP contribution in [0.15, 0.2) is 59.8 Å². The lowest BCUT2D eigenvalue weighted by atomic mass is 9.67. The van der Waals surface area contributed by atoms with Gasteiger partial charge in [-0.2, -0.15) is 5.10 Å². The number of carbonyl (C=O) groups excluding carboxylic acids is 2. The highest BCUT2D eigenvalue weighted by atomic mass is 19.1.